The van der Waals surface area contributed by atoms with Gasteiger partial charge in [-0.1, -0.05) is 13.3 Å². The number of anilines is 2. The van der Waals surface area contributed by atoms with Gasteiger partial charge in [0.1, 0.15) is 12.7 Å². The Kier molecular flexibility index (Phi) is 8.20. The number of esters is 2. The summed E-state index contributed by atoms with van der Waals surface area (Å²) in [6.07, 6.45) is 1.36. The van der Waals surface area contributed by atoms with E-state index in [1.165, 1.54) is 12.1 Å². The summed E-state index contributed by atoms with van der Waals surface area (Å²) < 4.78 is 10.9. The third-order valence-corrected chi connectivity index (χ3v) is 5.03. The second-order valence-electron chi connectivity index (χ2n) is 7.50. The highest BCUT2D eigenvalue weighted by Crippen LogP contribution is 2.23. The number of hydrogen-bond donors (Lipinski definition) is 2. The molecule has 4 N–H and O–H groups in total. The maximum absolute atomic E-state index is 12.7. The molecule has 0 aliphatic carbocycles. The summed E-state index contributed by atoms with van der Waals surface area (Å²) in [6.45, 7) is 5.20. The Morgan fingerprint density at radius 2 is 1.44 bits per heavy atom. The van der Waals surface area contributed by atoms with E-state index in [2.05, 4.69) is 0 Å². The van der Waals surface area contributed by atoms with E-state index in [-0.39, 0.29) is 29.1 Å². The Bertz CT molecular complexity index is 1110. The number of ether oxygens (including phenoxy) is 2. The van der Waals surface area contributed by atoms with Crippen LogP contribution in [0.3, 0.4) is 0 Å². The van der Waals surface area contributed by atoms with E-state index >= 15 is 0 Å². The molecule has 32 heavy (non-hydrogen) atoms. The van der Waals surface area contributed by atoms with Crippen LogP contribution in [0.2, 0.25) is 0 Å². The van der Waals surface area contributed by atoms with Gasteiger partial charge < -0.3 is 20.9 Å². The molecule has 0 saturated carbocycles. The molecule has 2 aromatic carbocycles. The lowest BCUT2D eigenvalue weighted by atomic mass is 10.0. The monoisotopic (exact) mass is 434 g/mol. The standard InChI is InChI=1S/C24H26N4O4/c1-4-5-6-18(32-24(30)20-10-17(12-26)8-15(3)22(20)28)13-31-23(29)19-9-16(11-25)7-14(2)21(19)27/h7-10,18H,4-6,13,27-28H2,1-3H3. The molecule has 2 rings (SSSR count). The van der Waals surface area contributed by atoms with Gasteiger partial charge in [-0.15, -0.1) is 0 Å². The van der Waals surface area contributed by atoms with Crippen molar-refractivity contribution in [1.29, 1.82) is 10.5 Å². The SMILES string of the molecule is CCCCC(COC(=O)c1cc(C#N)cc(C)c1N)OC(=O)c1cc(C#N)cc(C)c1N. The van der Waals surface area contributed by atoms with Gasteiger partial charge in [-0.3, -0.25) is 0 Å². The molecule has 0 fully saturated rings. The summed E-state index contributed by atoms with van der Waals surface area (Å²) in [5, 5.41) is 18.3. The first-order valence-corrected chi connectivity index (χ1v) is 10.2. The van der Waals surface area contributed by atoms with Crippen LogP contribution in [-0.4, -0.2) is 24.6 Å². The number of carbonyl (C=O) groups excluding carboxylic acids is 2. The summed E-state index contributed by atoms with van der Waals surface area (Å²) in [6, 6.07) is 9.89. The molecule has 0 aliphatic heterocycles. The third kappa shape index (κ3) is 5.77. The van der Waals surface area contributed by atoms with Gasteiger partial charge in [0.2, 0.25) is 0 Å². The number of benzene rings is 2. The second kappa shape index (κ2) is 10.8. The summed E-state index contributed by atoms with van der Waals surface area (Å²) in [5.74, 6) is -1.40. The van der Waals surface area contributed by atoms with Crippen LogP contribution < -0.4 is 11.5 Å². The molecule has 0 heterocycles. The zero-order valence-corrected chi connectivity index (χ0v) is 18.4. The zero-order valence-electron chi connectivity index (χ0n) is 18.4. The molecule has 0 spiro atoms. The van der Waals surface area contributed by atoms with Crippen LogP contribution in [0, 0.1) is 36.5 Å². The highest BCUT2D eigenvalue weighted by atomic mass is 16.6. The number of carbonyl (C=O) groups is 2. The molecular weight excluding hydrogens is 408 g/mol. The fourth-order valence-corrected chi connectivity index (χ4v) is 3.13. The number of rotatable bonds is 8. The predicted molar refractivity (Wildman–Crippen MR) is 120 cm³/mol. The van der Waals surface area contributed by atoms with E-state index in [0.29, 0.717) is 28.7 Å². The smallest absolute Gasteiger partial charge is 0.340 e. The van der Waals surface area contributed by atoms with Crippen LogP contribution >= 0.6 is 0 Å². The highest BCUT2D eigenvalue weighted by Gasteiger charge is 2.22. The Hall–Kier alpha value is -4.04. The van der Waals surface area contributed by atoms with Crippen molar-refractivity contribution < 1.29 is 19.1 Å². The van der Waals surface area contributed by atoms with Gasteiger partial charge >= 0.3 is 11.9 Å². The molecule has 2 aromatic rings. The van der Waals surface area contributed by atoms with Crippen molar-refractivity contribution >= 4 is 23.3 Å². The number of aryl methyl sites for hydroxylation is 2. The van der Waals surface area contributed by atoms with E-state index in [0.717, 1.165) is 12.8 Å². The molecule has 1 unspecified atom stereocenters. The lowest BCUT2D eigenvalue weighted by Crippen LogP contribution is -2.26. The number of hydrogen-bond acceptors (Lipinski definition) is 8. The maximum atomic E-state index is 12.7. The maximum Gasteiger partial charge on any atom is 0.340 e. The number of nitrogens with zero attached hydrogens (tertiary/aromatic N) is 2. The number of nitrogen functional groups attached to an aromatic ring is 2. The number of unbranched alkanes of at least 4 members (excludes halogenated alkanes) is 1. The summed E-state index contributed by atoms with van der Waals surface area (Å²) in [4.78, 5) is 25.3. The van der Waals surface area contributed by atoms with Gasteiger partial charge in [-0.2, -0.15) is 10.5 Å². The molecular formula is C24H26N4O4. The summed E-state index contributed by atoms with van der Waals surface area (Å²) in [5.41, 5.74) is 14.4. The van der Waals surface area contributed by atoms with Crippen molar-refractivity contribution in [3.63, 3.8) is 0 Å². The van der Waals surface area contributed by atoms with Gasteiger partial charge in [0.25, 0.3) is 0 Å². The Balaban J connectivity index is 2.18. The molecule has 166 valence electrons. The molecule has 8 nitrogen and oxygen atoms in total. The minimum absolute atomic E-state index is 0.0868. The van der Waals surface area contributed by atoms with Gasteiger partial charge in [-0.05, 0) is 62.1 Å². The third-order valence-electron chi connectivity index (χ3n) is 5.03. The van der Waals surface area contributed by atoms with Crippen LogP contribution in [0.4, 0.5) is 11.4 Å². The van der Waals surface area contributed by atoms with E-state index < -0.39 is 18.0 Å². The summed E-state index contributed by atoms with van der Waals surface area (Å²) >= 11 is 0. The van der Waals surface area contributed by atoms with Gasteiger partial charge in [0, 0.05) is 11.4 Å². The normalized spacial score (nSPS) is 11.2. The Morgan fingerprint density at radius 3 is 1.91 bits per heavy atom. The minimum atomic E-state index is -0.710. The lowest BCUT2D eigenvalue weighted by Gasteiger charge is -2.19. The van der Waals surface area contributed by atoms with Crippen molar-refractivity contribution in [2.75, 3.05) is 18.1 Å². The van der Waals surface area contributed by atoms with E-state index in [1.54, 1.807) is 26.0 Å². The molecule has 0 radical (unpaired) electrons. The van der Waals surface area contributed by atoms with Crippen molar-refractivity contribution in [3.8, 4) is 12.1 Å². The van der Waals surface area contributed by atoms with Crippen molar-refractivity contribution in [2.45, 2.75) is 46.1 Å². The fourth-order valence-electron chi connectivity index (χ4n) is 3.13. The molecule has 0 aliphatic rings. The molecule has 0 amide bonds. The van der Waals surface area contributed by atoms with Crippen LogP contribution in [0.15, 0.2) is 24.3 Å². The second-order valence-corrected chi connectivity index (χ2v) is 7.50. The van der Waals surface area contributed by atoms with Crippen molar-refractivity contribution in [1.82, 2.24) is 0 Å². The van der Waals surface area contributed by atoms with E-state index in [9.17, 15) is 9.59 Å². The molecule has 1 atom stereocenters. The fraction of sp³-hybridized carbons (Fsp3) is 0.333. The first-order valence-electron chi connectivity index (χ1n) is 10.2. The Labute approximate surface area is 187 Å². The molecule has 0 bridgehead atoms. The van der Waals surface area contributed by atoms with Gasteiger partial charge in [0.15, 0.2) is 0 Å². The highest BCUT2D eigenvalue weighted by molar-refractivity contribution is 5.97. The van der Waals surface area contributed by atoms with Crippen LogP contribution in [-0.2, 0) is 9.47 Å². The van der Waals surface area contributed by atoms with Crippen LogP contribution in [0.25, 0.3) is 0 Å². The summed E-state index contributed by atoms with van der Waals surface area (Å²) in [7, 11) is 0. The van der Waals surface area contributed by atoms with Crippen LogP contribution in [0.1, 0.15) is 69.2 Å². The topological polar surface area (TPSA) is 152 Å². The van der Waals surface area contributed by atoms with Gasteiger partial charge in [0.05, 0.1) is 34.4 Å². The van der Waals surface area contributed by atoms with E-state index in [1.807, 2.05) is 19.1 Å². The number of nitrogens with two attached hydrogens (primary N) is 2. The predicted octanol–water partition coefficient (Wildman–Crippen LogP) is 3.78. The largest absolute Gasteiger partial charge is 0.458 e. The zero-order chi connectivity index (χ0) is 23.8. The number of nitriles is 2. The van der Waals surface area contributed by atoms with E-state index in [4.69, 9.17) is 31.5 Å². The first kappa shape index (κ1) is 24.2. The molecule has 8 heteroatoms. The van der Waals surface area contributed by atoms with Crippen molar-refractivity contribution in [2.24, 2.45) is 0 Å². The van der Waals surface area contributed by atoms with Crippen molar-refractivity contribution in [3.05, 3.63) is 57.6 Å². The first-order chi connectivity index (χ1) is 15.2. The average molecular weight is 434 g/mol. The Morgan fingerprint density at radius 1 is 0.938 bits per heavy atom. The van der Waals surface area contributed by atoms with Crippen LogP contribution in [0.5, 0.6) is 0 Å². The minimum Gasteiger partial charge on any atom is -0.458 e. The van der Waals surface area contributed by atoms with Gasteiger partial charge in [-0.25, -0.2) is 9.59 Å². The quantitative estimate of drug-likeness (QED) is 0.470. The average Bonchev–Trinajstić information content (AvgIpc) is 2.78. The lowest BCUT2D eigenvalue weighted by molar-refractivity contribution is -0.00319. The molecule has 0 aromatic heterocycles. The molecule has 0 saturated heterocycles.